The Morgan fingerprint density at radius 3 is 2.73 bits per heavy atom. The van der Waals surface area contributed by atoms with Crippen molar-refractivity contribution < 1.29 is 9.53 Å². The van der Waals surface area contributed by atoms with Crippen molar-refractivity contribution in [2.75, 3.05) is 6.61 Å². The molecule has 118 valence electrons. The highest BCUT2D eigenvalue weighted by atomic mass is 32.1. The molecule has 4 nitrogen and oxygen atoms in total. The topological polar surface area (TPSA) is 51.2 Å². The molecule has 5 heteroatoms. The summed E-state index contributed by atoms with van der Waals surface area (Å²) >= 11 is 1.62. The first kappa shape index (κ1) is 16.6. The van der Waals surface area contributed by atoms with Gasteiger partial charge in [-0.25, -0.2) is 4.98 Å². The molecule has 0 radical (unpaired) electrons. The van der Waals surface area contributed by atoms with Crippen LogP contribution in [0.2, 0.25) is 0 Å². The highest BCUT2D eigenvalue weighted by Gasteiger charge is 2.22. The molecule has 0 bridgehead atoms. The summed E-state index contributed by atoms with van der Waals surface area (Å²) in [6.07, 6.45) is 0.345. The number of hydrogen-bond acceptors (Lipinski definition) is 5. The Kier molecular flexibility index (Phi) is 5.69. The molecule has 1 N–H and O–H groups in total. The second-order valence-electron chi connectivity index (χ2n) is 5.71. The molecule has 2 aromatic rings. The van der Waals surface area contributed by atoms with Gasteiger partial charge < -0.3 is 10.1 Å². The third-order valence-corrected chi connectivity index (χ3v) is 4.08. The Hall–Kier alpha value is -1.72. The number of hydrogen-bond donors (Lipinski definition) is 1. The zero-order valence-corrected chi connectivity index (χ0v) is 14.1. The van der Waals surface area contributed by atoms with E-state index in [0.717, 1.165) is 16.3 Å². The number of nitrogens with zero attached hydrogens (tertiary/aromatic N) is 1. The second-order valence-corrected chi connectivity index (χ2v) is 6.65. The maximum atomic E-state index is 11.6. The van der Waals surface area contributed by atoms with Crippen molar-refractivity contribution in [3.05, 3.63) is 40.7 Å². The van der Waals surface area contributed by atoms with Crippen LogP contribution in [0.25, 0.3) is 11.3 Å². The maximum absolute atomic E-state index is 11.6. The summed E-state index contributed by atoms with van der Waals surface area (Å²) in [5.41, 5.74) is 1.80. The molecule has 0 aliphatic carbocycles. The number of ether oxygens (including phenoxy) is 1. The summed E-state index contributed by atoms with van der Waals surface area (Å²) in [6, 6.07) is 10.1. The van der Waals surface area contributed by atoms with Crippen LogP contribution in [0.4, 0.5) is 0 Å². The molecular formula is C17H22N2O2S. The van der Waals surface area contributed by atoms with Gasteiger partial charge in [0, 0.05) is 23.0 Å². The minimum atomic E-state index is -0.315. The number of carbonyl (C=O) groups excluding carboxylic acids is 1. The van der Waals surface area contributed by atoms with Crippen LogP contribution in [-0.4, -0.2) is 23.1 Å². The molecule has 2 rings (SSSR count). The molecule has 0 amide bonds. The summed E-state index contributed by atoms with van der Waals surface area (Å²) < 4.78 is 5.00. The number of carbonyl (C=O) groups is 1. The Balaban J connectivity index is 1.92. The molecule has 1 aromatic carbocycles. The third kappa shape index (κ3) is 4.93. The normalized spacial score (nSPS) is 11.4. The zero-order chi connectivity index (χ0) is 16.0. The highest BCUT2D eigenvalue weighted by molar-refractivity contribution is 7.09. The van der Waals surface area contributed by atoms with Crippen LogP contribution in [0.3, 0.4) is 0 Å². The molecule has 0 saturated carbocycles. The number of rotatable bonds is 7. The van der Waals surface area contributed by atoms with Crippen LogP contribution in [0.5, 0.6) is 0 Å². The van der Waals surface area contributed by atoms with E-state index in [4.69, 9.17) is 4.74 Å². The fourth-order valence-electron chi connectivity index (χ4n) is 2.08. The van der Waals surface area contributed by atoms with Crippen molar-refractivity contribution in [3.8, 4) is 11.3 Å². The Labute approximate surface area is 135 Å². The van der Waals surface area contributed by atoms with Gasteiger partial charge in [-0.05, 0) is 20.8 Å². The fraction of sp³-hybridized carbons (Fsp3) is 0.412. The summed E-state index contributed by atoms with van der Waals surface area (Å²) in [5, 5.41) is 6.45. The van der Waals surface area contributed by atoms with Crippen LogP contribution in [0.15, 0.2) is 35.7 Å². The average molecular weight is 318 g/mol. The van der Waals surface area contributed by atoms with Gasteiger partial charge in [0.15, 0.2) is 0 Å². The van der Waals surface area contributed by atoms with E-state index in [9.17, 15) is 4.79 Å². The minimum absolute atomic E-state index is 0.177. The van der Waals surface area contributed by atoms with Crippen molar-refractivity contribution in [3.63, 3.8) is 0 Å². The first-order valence-electron chi connectivity index (χ1n) is 7.40. The third-order valence-electron chi connectivity index (χ3n) is 3.23. The lowest BCUT2D eigenvalue weighted by molar-refractivity contribution is -0.144. The molecule has 0 spiro atoms. The van der Waals surface area contributed by atoms with Crippen LogP contribution in [0.1, 0.15) is 32.2 Å². The summed E-state index contributed by atoms with van der Waals surface area (Å²) in [4.78, 5) is 16.2. The molecule has 0 atom stereocenters. The second kappa shape index (κ2) is 7.51. The number of benzene rings is 1. The van der Waals surface area contributed by atoms with Crippen LogP contribution < -0.4 is 5.32 Å². The van der Waals surface area contributed by atoms with E-state index in [1.807, 2.05) is 39.0 Å². The van der Waals surface area contributed by atoms with Gasteiger partial charge in [0.05, 0.1) is 18.7 Å². The van der Waals surface area contributed by atoms with E-state index in [1.54, 1.807) is 11.3 Å². The van der Waals surface area contributed by atoms with Gasteiger partial charge in [-0.1, -0.05) is 30.3 Å². The monoisotopic (exact) mass is 318 g/mol. The van der Waals surface area contributed by atoms with E-state index >= 15 is 0 Å². The van der Waals surface area contributed by atoms with Crippen molar-refractivity contribution in [1.82, 2.24) is 10.3 Å². The van der Waals surface area contributed by atoms with Crippen molar-refractivity contribution in [2.24, 2.45) is 0 Å². The quantitative estimate of drug-likeness (QED) is 0.792. The van der Waals surface area contributed by atoms with Gasteiger partial charge in [-0.15, -0.1) is 11.3 Å². The maximum Gasteiger partial charge on any atom is 0.307 e. The summed E-state index contributed by atoms with van der Waals surface area (Å²) in [7, 11) is 0. The SMILES string of the molecule is CCOC(=O)CC(C)(C)NCc1nc(-c2ccccc2)cs1. The number of nitrogens with one attached hydrogen (secondary N) is 1. The largest absolute Gasteiger partial charge is 0.466 e. The summed E-state index contributed by atoms with van der Waals surface area (Å²) in [6.45, 7) is 6.87. The Morgan fingerprint density at radius 2 is 2.05 bits per heavy atom. The highest BCUT2D eigenvalue weighted by Crippen LogP contribution is 2.22. The lowest BCUT2D eigenvalue weighted by atomic mass is 10.0. The fourth-order valence-corrected chi connectivity index (χ4v) is 2.83. The van der Waals surface area contributed by atoms with Crippen LogP contribution in [-0.2, 0) is 16.1 Å². The molecule has 22 heavy (non-hydrogen) atoms. The molecular weight excluding hydrogens is 296 g/mol. The van der Waals surface area contributed by atoms with Gasteiger partial charge >= 0.3 is 5.97 Å². The van der Waals surface area contributed by atoms with Crippen molar-refractivity contribution in [2.45, 2.75) is 39.3 Å². The first-order valence-corrected chi connectivity index (χ1v) is 8.28. The summed E-state index contributed by atoms with van der Waals surface area (Å²) in [5.74, 6) is -0.177. The number of esters is 1. The number of aromatic nitrogens is 1. The molecule has 1 heterocycles. The van der Waals surface area contributed by atoms with Gasteiger partial charge in [0.1, 0.15) is 5.01 Å². The average Bonchev–Trinajstić information content (AvgIpc) is 2.95. The lowest BCUT2D eigenvalue weighted by Crippen LogP contribution is -2.41. The molecule has 0 aliphatic rings. The van der Waals surface area contributed by atoms with E-state index in [2.05, 4.69) is 27.8 Å². The Bertz CT molecular complexity index is 608. The number of thiazole rings is 1. The van der Waals surface area contributed by atoms with Gasteiger partial charge in [-0.2, -0.15) is 0 Å². The van der Waals surface area contributed by atoms with E-state index < -0.39 is 0 Å². The standard InChI is InChI=1S/C17H22N2O2S/c1-4-21-16(20)10-17(2,3)18-11-15-19-14(12-22-15)13-8-6-5-7-9-13/h5-9,12,18H,4,10-11H2,1-3H3. The smallest absolute Gasteiger partial charge is 0.307 e. The molecule has 0 saturated heterocycles. The van der Waals surface area contributed by atoms with Gasteiger partial charge in [-0.3, -0.25) is 4.79 Å². The zero-order valence-electron chi connectivity index (χ0n) is 13.3. The minimum Gasteiger partial charge on any atom is -0.466 e. The van der Waals surface area contributed by atoms with Crippen molar-refractivity contribution >= 4 is 17.3 Å². The van der Waals surface area contributed by atoms with E-state index in [1.165, 1.54) is 0 Å². The van der Waals surface area contributed by atoms with Crippen molar-refractivity contribution in [1.29, 1.82) is 0 Å². The van der Waals surface area contributed by atoms with Gasteiger partial charge in [0.2, 0.25) is 0 Å². The first-order chi connectivity index (χ1) is 10.5. The lowest BCUT2D eigenvalue weighted by Gasteiger charge is -2.24. The van der Waals surface area contributed by atoms with E-state index in [0.29, 0.717) is 19.6 Å². The molecule has 0 unspecified atom stereocenters. The van der Waals surface area contributed by atoms with E-state index in [-0.39, 0.29) is 11.5 Å². The predicted molar refractivity (Wildman–Crippen MR) is 89.7 cm³/mol. The molecule has 0 aliphatic heterocycles. The molecule has 1 aromatic heterocycles. The molecule has 0 fully saturated rings. The van der Waals surface area contributed by atoms with Crippen LogP contribution in [0, 0.1) is 0 Å². The van der Waals surface area contributed by atoms with Gasteiger partial charge in [0.25, 0.3) is 0 Å². The Morgan fingerprint density at radius 1 is 1.32 bits per heavy atom. The predicted octanol–water partition coefficient (Wildman–Crippen LogP) is 3.63. The van der Waals surface area contributed by atoms with Crippen LogP contribution >= 0.6 is 11.3 Å².